The van der Waals surface area contributed by atoms with E-state index in [1.165, 1.54) is 32.1 Å². The number of carbonyl (C=O) groups is 3. The van der Waals surface area contributed by atoms with Crippen molar-refractivity contribution in [3.8, 4) is 11.5 Å². The Hall–Kier alpha value is -4.24. The van der Waals surface area contributed by atoms with E-state index in [-0.39, 0.29) is 17.2 Å². The zero-order valence-electron chi connectivity index (χ0n) is 22.7. The van der Waals surface area contributed by atoms with E-state index >= 15 is 0 Å². The molecule has 0 saturated heterocycles. The predicted octanol–water partition coefficient (Wildman–Crippen LogP) is 7.40. The summed E-state index contributed by atoms with van der Waals surface area (Å²) in [7, 11) is 3.01. The molecule has 0 aromatic heterocycles. The minimum Gasteiger partial charge on any atom is -0.493 e. The van der Waals surface area contributed by atoms with Crippen molar-refractivity contribution in [3.05, 3.63) is 123 Å². The van der Waals surface area contributed by atoms with E-state index in [2.05, 4.69) is 10.6 Å². The molecule has 0 spiro atoms. The van der Waals surface area contributed by atoms with Gasteiger partial charge in [-0.2, -0.15) is 0 Å². The molecule has 214 valence electrons. The van der Waals surface area contributed by atoms with Gasteiger partial charge in [0.15, 0.2) is 17.3 Å². The number of methoxy groups -OCH3 is 2. The van der Waals surface area contributed by atoms with Crippen molar-refractivity contribution < 1.29 is 23.9 Å². The quantitative estimate of drug-likeness (QED) is 0.103. The van der Waals surface area contributed by atoms with Gasteiger partial charge >= 0.3 is 0 Å². The van der Waals surface area contributed by atoms with Crippen LogP contribution in [-0.2, 0) is 4.79 Å². The lowest BCUT2D eigenvalue weighted by Gasteiger charge is -2.14. The summed E-state index contributed by atoms with van der Waals surface area (Å²) in [5.41, 5.74) is 1.91. The summed E-state index contributed by atoms with van der Waals surface area (Å²) in [6.07, 6.45) is 1.52. The normalized spacial score (nSPS) is 11.0. The number of nitrogens with one attached hydrogen (secondary N) is 2. The van der Waals surface area contributed by atoms with Crippen molar-refractivity contribution in [3.63, 3.8) is 0 Å². The van der Waals surface area contributed by atoms with Gasteiger partial charge in [0, 0.05) is 27.3 Å². The third kappa shape index (κ3) is 7.94. The van der Waals surface area contributed by atoms with Crippen LogP contribution in [0.2, 0.25) is 10.0 Å². The number of rotatable bonds is 11. The second-order valence-electron chi connectivity index (χ2n) is 8.78. The highest BCUT2D eigenvalue weighted by Crippen LogP contribution is 2.32. The highest BCUT2D eigenvalue weighted by Gasteiger charge is 2.17. The fraction of sp³-hybridized carbons (Fsp3) is 0.0938. The van der Waals surface area contributed by atoms with E-state index in [4.69, 9.17) is 32.7 Å². The van der Waals surface area contributed by atoms with Crippen LogP contribution < -0.4 is 20.1 Å². The first-order chi connectivity index (χ1) is 20.3. The number of ketones is 1. The summed E-state index contributed by atoms with van der Waals surface area (Å²) in [6.45, 7) is 0. The van der Waals surface area contributed by atoms with E-state index < -0.39 is 11.8 Å². The molecule has 0 aliphatic heterocycles. The summed E-state index contributed by atoms with van der Waals surface area (Å²) in [6, 6.07) is 25.6. The summed E-state index contributed by atoms with van der Waals surface area (Å²) >= 11 is 13.3. The number of hydrogen-bond acceptors (Lipinski definition) is 6. The molecule has 2 amide bonds. The van der Waals surface area contributed by atoms with E-state index in [1.807, 2.05) is 0 Å². The molecule has 4 rings (SSSR count). The maximum atomic E-state index is 13.4. The summed E-state index contributed by atoms with van der Waals surface area (Å²) in [4.78, 5) is 39.8. The van der Waals surface area contributed by atoms with Crippen molar-refractivity contribution in [2.75, 3.05) is 25.3 Å². The molecule has 0 aliphatic rings. The molecule has 4 aromatic rings. The predicted molar refractivity (Wildman–Crippen MR) is 168 cm³/mol. The number of halogens is 2. The maximum absolute atomic E-state index is 13.4. The zero-order valence-corrected chi connectivity index (χ0v) is 25.0. The maximum Gasteiger partial charge on any atom is 0.272 e. The number of para-hydroxylation sites is 1. The Morgan fingerprint density at radius 2 is 1.55 bits per heavy atom. The molecule has 0 radical (unpaired) electrons. The summed E-state index contributed by atoms with van der Waals surface area (Å²) in [5, 5.41) is 6.24. The van der Waals surface area contributed by atoms with E-state index in [0.717, 1.165) is 4.90 Å². The monoisotopic (exact) mass is 620 g/mol. The van der Waals surface area contributed by atoms with Gasteiger partial charge in [0.05, 0.1) is 30.0 Å². The number of carbonyl (C=O) groups excluding carboxylic acids is 3. The Bertz CT molecular complexity index is 1630. The van der Waals surface area contributed by atoms with Gasteiger partial charge in [-0.15, -0.1) is 11.8 Å². The fourth-order valence-electron chi connectivity index (χ4n) is 3.86. The molecule has 0 bridgehead atoms. The first-order valence-corrected chi connectivity index (χ1v) is 14.3. The fourth-order valence-corrected chi connectivity index (χ4v) is 4.95. The van der Waals surface area contributed by atoms with Crippen LogP contribution in [0.5, 0.6) is 11.5 Å². The Morgan fingerprint density at radius 1 is 0.810 bits per heavy atom. The Kier molecular flexibility index (Phi) is 10.7. The van der Waals surface area contributed by atoms with Gasteiger partial charge in [0.1, 0.15) is 5.70 Å². The minimum atomic E-state index is -0.542. The van der Waals surface area contributed by atoms with Crippen LogP contribution >= 0.6 is 35.0 Å². The number of thioether (sulfide) groups is 1. The van der Waals surface area contributed by atoms with Crippen molar-refractivity contribution in [2.24, 2.45) is 0 Å². The van der Waals surface area contributed by atoms with Crippen LogP contribution in [0.4, 0.5) is 5.69 Å². The van der Waals surface area contributed by atoms with Crippen molar-refractivity contribution in [1.29, 1.82) is 0 Å². The van der Waals surface area contributed by atoms with Gasteiger partial charge in [-0.3, -0.25) is 14.4 Å². The van der Waals surface area contributed by atoms with Crippen LogP contribution in [0.25, 0.3) is 6.08 Å². The lowest BCUT2D eigenvalue weighted by molar-refractivity contribution is -0.113. The number of benzene rings is 4. The Morgan fingerprint density at radius 3 is 2.21 bits per heavy atom. The molecule has 0 atom stereocenters. The van der Waals surface area contributed by atoms with Gasteiger partial charge in [0.25, 0.3) is 11.8 Å². The highest BCUT2D eigenvalue weighted by atomic mass is 35.5. The third-order valence-corrected chi connectivity index (χ3v) is 7.74. The number of anilines is 1. The first kappa shape index (κ1) is 30.7. The van der Waals surface area contributed by atoms with Crippen LogP contribution in [-0.4, -0.2) is 37.6 Å². The number of hydrogen-bond donors (Lipinski definition) is 2. The highest BCUT2D eigenvalue weighted by molar-refractivity contribution is 8.00. The Labute approximate surface area is 257 Å². The van der Waals surface area contributed by atoms with E-state index in [0.29, 0.717) is 43.9 Å². The lowest BCUT2D eigenvalue weighted by atomic mass is 10.1. The SMILES string of the molecule is COc1cccc(/C=C(\NC(=O)c2ccccc2)C(=O)Nc2ccc(SCC(=O)c3ccc(Cl)c(Cl)c3)cc2)c1OC. The second kappa shape index (κ2) is 14.6. The van der Waals surface area contributed by atoms with Crippen LogP contribution in [0.1, 0.15) is 26.3 Å². The van der Waals surface area contributed by atoms with Crippen molar-refractivity contribution in [2.45, 2.75) is 4.90 Å². The topological polar surface area (TPSA) is 93.7 Å². The smallest absolute Gasteiger partial charge is 0.272 e. The average Bonchev–Trinajstić information content (AvgIpc) is 3.01. The molecule has 0 saturated carbocycles. The van der Waals surface area contributed by atoms with Crippen molar-refractivity contribution in [1.82, 2.24) is 5.32 Å². The molecule has 0 heterocycles. The molecule has 10 heteroatoms. The molecule has 0 fully saturated rings. The van der Waals surface area contributed by atoms with Gasteiger partial charge in [0.2, 0.25) is 0 Å². The molecule has 2 N–H and O–H groups in total. The van der Waals surface area contributed by atoms with Gasteiger partial charge in [-0.25, -0.2) is 0 Å². The molecular weight excluding hydrogens is 595 g/mol. The number of Topliss-reactive ketones (excluding diaryl/α,β-unsaturated/α-hetero) is 1. The third-order valence-electron chi connectivity index (χ3n) is 5.99. The van der Waals surface area contributed by atoms with Gasteiger partial charge < -0.3 is 20.1 Å². The minimum absolute atomic E-state index is 0.001000. The number of amides is 2. The molecular formula is C32H26Cl2N2O5S. The molecule has 4 aromatic carbocycles. The Balaban J connectivity index is 1.50. The zero-order chi connectivity index (χ0) is 30.1. The van der Waals surface area contributed by atoms with Gasteiger partial charge in [-0.1, -0.05) is 53.5 Å². The van der Waals surface area contributed by atoms with Crippen molar-refractivity contribution >= 4 is 64.3 Å². The van der Waals surface area contributed by atoms with Crippen LogP contribution in [0, 0.1) is 0 Å². The lowest BCUT2D eigenvalue weighted by Crippen LogP contribution is -2.30. The molecule has 0 unspecified atom stereocenters. The van der Waals surface area contributed by atoms with Crippen LogP contribution in [0.15, 0.2) is 102 Å². The van der Waals surface area contributed by atoms with Gasteiger partial charge in [-0.05, 0) is 66.7 Å². The van der Waals surface area contributed by atoms with Crippen LogP contribution in [0.3, 0.4) is 0 Å². The van der Waals surface area contributed by atoms with E-state index in [9.17, 15) is 14.4 Å². The average molecular weight is 622 g/mol. The number of ether oxygens (including phenoxy) is 2. The standard InChI is InChI=1S/C32H26Cl2N2O5S/c1-40-29-10-6-9-22(30(29)41-2)18-27(36-31(38)20-7-4-3-5-8-20)32(39)35-23-12-14-24(15-13-23)42-19-28(37)21-11-16-25(33)26(34)17-21/h3-18H,19H2,1-2H3,(H,35,39)(H,36,38)/b27-18-. The summed E-state index contributed by atoms with van der Waals surface area (Å²) in [5.74, 6) is 0.0106. The molecule has 42 heavy (non-hydrogen) atoms. The molecule has 0 aliphatic carbocycles. The largest absolute Gasteiger partial charge is 0.493 e. The van der Waals surface area contributed by atoms with E-state index in [1.54, 1.807) is 91.0 Å². The first-order valence-electron chi connectivity index (χ1n) is 12.6. The second-order valence-corrected chi connectivity index (χ2v) is 10.6. The summed E-state index contributed by atoms with van der Waals surface area (Å²) < 4.78 is 10.9. The molecule has 7 nitrogen and oxygen atoms in total.